The summed E-state index contributed by atoms with van der Waals surface area (Å²) in [5.74, 6) is 0.788. The standard InChI is InChI=1S/C11H16N4O3S/c1-19(16,17)7-4-9(12)11-13-10(14-18-11)8-15-5-2-3-6-15/h2-3,5-6,9H,4,7-8,12H2,1H3/t9-/m1/s1. The third-order valence-electron chi connectivity index (χ3n) is 2.59. The summed E-state index contributed by atoms with van der Waals surface area (Å²) in [6.45, 7) is 0.495. The molecule has 0 unspecified atom stereocenters. The number of hydrogen-bond acceptors (Lipinski definition) is 6. The summed E-state index contributed by atoms with van der Waals surface area (Å²) in [7, 11) is -3.04. The molecule has 0 saturated carbocycles. The highest BCUT2D eigenvalue weighted by atomic mass is 32.2. The van der Waals surface area contributed by atoms with Crippen molar-refractivity contribution < 1.29 is 12.9 Å². The lowest BCUT2D eigenvalue weighted by Gasteiger charge is -2.04. The van der Waals surface area contributed by atoms with Crippen LogP contribution in [0.5, 0.6) is 0 Å². The Morgan fingerprint density at radius 2 is 2.11 bits per heavy atom. The maximum Gasteiger partial charge on any atom is 0.243 e. The van der Waals surface area contributed by atoms with Gasteiger partial charge in [-0.1, -0.05) is 5.16 Å². The van der Waals surface area contributed by atoms with Gasteiger partial charge >= 0.3 is 0 Å². The molecule has 104 valence electrons. The molecule has 0 aliphatic rings. The highest BCUT2D eigenvalue weighted by Gasteiger charge is 2.16. The van der Waals surface area contributed by atoms with E-state index >= 15 is 0 Å². The zero-order valence-corrected chi connectivity index (χ0v) is 11.4. The van der Waals surface area contributed by atoms with Crippen molar-refractivity contribution in [3.8, 4) is 0 Å². The van der Waals surface area contributed by atoms with Gasteiger partial charge in [0.25, 0.3) is 0 Å². The smallest absolute Gasteiger partial charge is 0.243 e. The van der Waals surface area contributed by atoms with Gasteiger partial charge in [-0.05, 0) is 18.6 Å². The molecule has 2 rings (SSSR count). The van der Waals surface area contributed by atoms with Crippen LogP contribution in [-0.2, 0) is 16.4 Å². The van der Waals surface area contributed by atoms with Crippen LogP contribution in [0.3, 0.4) is 0 Å². The summed E-state index contributed by atoms with van der Waals surface area (Å²) in [6, 6.07) is 3.25. The van der Waals surface area contributed by atoms with Crippen molar-refractivity contribution >= 4 is 9.84 Å². The lowest BCUT2D eigenvalue weighted by Crippen LogP contribution is -2.16. The quantitative estimate of drug-likeness (QED) is 0.821. The number of hydrogen-bond donors (Lipinski definition) is 1. The van der Waals surface area contributed by atoms with Crippen molar-refractivity contribution in [1.29, 1.82) is 0 Å². The summed E-state index contributed by atoms with van der Waals surface area (Å²) in [5.41, 5.74) is 5.82. The minimum Gasteiger partial charge on any atom is -0.347 e. The molecule has 0 bridgehead atoms. The first-order chi connectivity index (χ1) is 8.94. The average Bonchev–Trinajstić information content (AvgIpc) is 2.97. The van der Waals surface area contributed by atoms with Crippen LogP contribution in [0.2, 0.25) is 0 Å². The molecular formula is C11H16N4O3S. The highest BCUT2D eigenvalue weighted by molar-refractivity contribution is 7.90. The van der Waals surface area contributed by atoms with Gasteiger partial charge in [0.1, 0.15) is 9.84 Å². The zero-order valence-electron chi connectivity index (χ0n) is 10.6. The van der Waals surface area contributed by atoms with E-state index in [1.807, 2.05) is 29.1 Å². The first kappa shape index (κ1) is 13.8. The molecule has 2 N–H and O–H groups in total. The summed E-state index contributed by atoms with van der Waals surface area (Å²) in [6.07, 6.45) is 5.22. The molecule has 8 heteroatoms. The SMILES string of the molecule is CS(=O)(=O)CC[C@@H](N)c1nc(Cn2cccc2)no1. The number of aromatic nitrogens is 3. The molecule has 2 aromatic heterocycles. The van der Waals surface area contributed by atoms with Gasteiger partial charge in [0.15, 0.2) is 5.82 Å². The van der Waals surface area contributed by atoms with E-state index in [9.17, 15) is 8.42 Å². The predicted octanol–water partition coefficient (Wildman–Crippen LogP) is 0.354. The monoisotopic (exact) mass is 284 g/mol. The van der Waals surface area contributed by atoms with Gasteiger partial charge in [-0.2, -0.15) is 4.98 Å². The van der Waals surface area contributed by atoms with E-state index in [1.165, 1.54) is 6.26 Å². The summed E-state index contributed by atoms with van der Waals surface area (Å²) in [5, 5.41) is 3.82. The predicted molar refractivity (Wildman–Crippen MR) is 69.1 cm³/mol. The molecule has 1 atom stereocenters. The van der Waals surface area contributed by atoms with Gasteiger partial charge in [0.2, 0.25) is 5.89 Å². The van der Waals surface area contributed by atoms with Crippen molar-refractivity contribution in [2.75, 3.05) is 12.0 Å². The van der Waals surface area contributed by atoms with Gasteiger partial charge in [0.05, 0.1) is 18.3 Å². The average molecular weight is 284 g/mol. The fraction of sp³-hybridized carbons (Fsp3) is 0.455. The van der Waals surface area contributed by atoms with Crippen LogP contribution in [0.1, 0.15) is 24.2 Å². The van der Waals surface area contributed by atoms with Gasteiger partial charge in [-0.15, -0.1) is 0 Å². The molecule has 2 heterocycles. The maximum absolute atomic E-state index is 11.1. The number of nitrogens with two attached hydrogens (primary N) is 1. The molecular weight excluding hydrogens is 268 g/mol. The van der Waals surface area contributed by atoms with Crippen molar-refractivity contribution in [2.45, 2.75) is 19.0 Å². The molecule has 0 aliphatic heterocycles. The van der Waals surface area contributed by atoms with Crippen LogP contribution in [0.15, 0.2) is 29.0 Å². The zero-order chi connectivity index (χ0) is 13.9. The van der Waals surface area contributed by atoms with E-state index in [-0.39, 0.29) is 18.1 Å². The Labute approximate surface area is 111 Å². The van der Waals surface area contributed by atoms with Crippen molar-refractivity contribution in [3.05, 3.63) is 36.2 Å². The Kier molecular flexibility index (Phi) is 4.01. The summed E-state index contributed by atoms with van der Waals surface area (Å²) >= 11 is 0. The Bertz CT molecular complexity index is 618. The summed E-state index contributed by atoms with van der Waals surface area (Å²) in [4.78, 5) is 4.17. The van der Waals surface area contributed by atoms with Crippen LogP contribution in [-0.4, -0.2) is 35.1 Å². The fourth-order valence-corrected chi connectivity index (χ4v) is 2.27. The molecule has 0 aromatic carbocycles. The molecule has 2 aromatic rings. The Hall–Kier alpha value is -1.67. The number of rotatable bonds is 6. The molecule has 0 fully saturated rings. The minimum atomic E-state index is -3.04. The lowest BCUT2D eigenvalue weighted by atomic mass is 10.2. The molecule has 0 spiro atoms. The normalized spacial score (nSPS) is 13.6. The third-order valence-corrected chi connectivity index (χ3v) is 3.57. The topological polar surface area (TPSA) is 104 Å². The Morgan fingerprint density at radius 3 is 2.74 bits per heavy atom. The first-order valence-corrected chi connectivity index (χ1v) is 7.86. The second-order valence-corrected chi connectivity index (χ2v) is 6.69. The molecule has 0 aliphatic carbocycles. The largest absolute Gasteiger partial charge is 0.347 e. The fourth-order valence-electron chi connectivity index (χ4n) is 1.59. The van der Waals surface area contributed by atoms with E-state index in [0.717, 1.165) is 0 Å². The number of sulfone groups is 1. The van der Waals surface area contributed by atoms with Crippen molar-refractivity contribution in [3.63, 3.8) is 0 Å². The van der Waals surface area contributed by atoms with Crippen molar-refractivity contribution in [1.82, 2.24) is 14.7 Å². The van der Waals surface area contributed by atoms with E-state index in [1.54, 1.807) is 0 Å². The molecule has 0 radical (unpaired) electrons. The second kappa shape index (κ2) is 5.54. The maximum atomic E-state index is 11.1. The summed E-state index contributed by atoms with van der Waals surface area (Å²) < 4.78 is 29.1. The van der Waals surface area contributed by atoms with Gasteiger partial charge in [-0.3, -0.25) is 0 Å². The molecule has 0 amide bonds. The van der Waals surface area contributed by atoms with E-state index < -0.39 is 15.9 Å². The van der Waals surface area contributed by atoms with Gasteiger partial charge in [-0.25, -0.2) is 8.42 Å². The molecule has 19 heavy (non-hydrogen) atoms. The first-order valence-electron chi connectivity index (χ1n) is 5.80. The second-order valence-electron chi connectivity index (χ2n) is 4.43. The van der Waals surface area contributed by atoms with E-state index in [4.69, 9.17) is 10.3 Å². The Balaban J connectivity index is 1.96. The van der Waals surface area contributed by atoms with Crippen LogP contribution >= 0.6 is 0 Å². The van der Waals surface area contributed by atoms with Gasteiger partial charge < -0.3 is 14.8 Å². The van der Waals surface area contributed by atoms with E-state index in [2.05, 4.69) is 10.1 Å². The molecule has 0 saturated heterocycles. The lowest BCUT2D eigenvalue weighted by molar-refractivity contribution is 0.347. The van der Waals surface area contributed by atoms with Crippen molar-refractivity contribution in [2.24, 2.45) is 5.73 Å². The molecule has 7 nitrogen and oxygen atoms in total. The van der Waals surface area contributed by atoms with Crippen LogP contribution in [0.4, 0.5) is 0 Å². The van der Waals surface area contributed by atoms with Crippen LogP contribution < -0.4 is 5.73 Å². The Morgan fingerprint density at radius 1 is 1.42 bits per heavy atom. The van der Waals surface area contributed by atoms with E-state index in [0.29, 0.717) is 12.4 Å². The minimum absolute atomic E-state index is 0.00345. The number of nitrogens with zero attached hydrogens (tertiary/aromatic N) is 3. The highest BCUT2D eigenvalue weighted by Crippen LogP contribution is 2.13. The van der Waals surface area contributed by atoms with Crippen LogP contribution in [0, 0.1) is 0 Å². The third kappa shape index (κ3) is 4.18. The van der Waals surface area contributed by atoms with Gasteiger partial charge in [0, 0.05) is 18.6 Å². The van der Waals surface area contributed by atoms with Crippen LogP contribution in [0.25, 0.3) is 0 Å².